The molecule has 0 N–H and O–H groups in total. The van der Waals surface area contributed by atoms with Crippen LogP contribution in [-0.2, 0) is 16.6 Å². The van der Waals surface area contributed by atoms with Crippen molar-refractivity contribution < 1.29 is 31.5 Å². The van der Waals surface area contributed by atoms with E-state index in [1.165, 1.54) is 28.3 Å². The van der Waals surface area contributed by atoms with Crippen molar-refractivity contribution in [2.24, 2.45) is 0 Å². The van der Waals surface area contributed by atoms with Crippen LogP contribution < -0.4 is 0 Å². The Labute approximate surface area is 179 Å². The lowest BCUT2D eigenvalue weighted by atomic mass is 9.91. The molecule has 1 saturated heterocycles. The summed E-state index contributed by atoms with van der Waals surface area (Å²) in [5, 5.41) is 4.06. The Bertz CT molecular complexity index is 1120. The van der Waals surface area contributed by atoms with Crippen molar-refractivity contribution in [2.45, 2.75) is 24.9 Å². The molecule has 168 valence electrons. The molecule has 4 rings (SSSR count). The van der Waals surface area contributed by atoms with Crippen LogP contribution in [0, 0.1) is 11.6 Å². The van der Waals surface area contributed by atoms with Crippen molar-refractivity contribution in [3.8, 4) is 0 Å². The number of aromatic nitrogens is 3. The van der Waals surface area contributed by atoms with Gasteiger partial charge in [-0.1, -0.05) is 0 Å². The molecule has 1 aromatic heterocycles. The first kappa shape index (κ1) is 21.9. The summed E-state index contributed by atoms with van der Waals surface area (Å²) < 4.78 is 74.2. The van der Waals surface area contributed by atoms with Crippen LogP contribution in [0.15, 0.2) is 55.1 Å². The minimum absolute atomic E-state index is 0.0267. The van der Waals surface area contributed by atoms with Crippen LogP contribution in [-0.4, -0.2) is 44.8 Å². The fraction of sp³-hybridized carbons (Fsp3) is 0.286. The predicted octanol–water partition coefficient (Wildman–Crippen LogP) is 3.84. The molecule has 0 spiro atoms. The van der Waals surface area contributed by atoms with Gasteiger partial charge in [0, 0.05) is 23.7 Å². The fourth-order valence-corrected chi connectivity index (χ4v) is 3.91. The van der Waals surface area contributed by atoms with Gasteiger partial charge in [0.05, 0.1) is 18.2 Å². The van der Waals surface area contributed by atoms with Gasteiger partial charge in [-0.25, -0.2) is 18.4 Å². The number of ether oxygens (including phenoxy) is 1. The molecule has 0 bridgehead atoms. The summed E-state index contributed by atoms with van der Waals surface area (Å²) in [6.07, 6.45) is -2.04. The highest BCUT2D eigenvalue weighted by Crippen LogP contribution is 2.38. The van der Waals surface area contributed by atoms with Crippen molar-refractivity contribution in [1.82, 2.24) is 19.7 Å². The molecule has 3 aromatic rings. The molecule has 11 heteroatoms. The van der Waals surface area contributed by atoms with Gasteiger partial charge in [0.2, 0.25) is 5.72 Å². The lowest BCUT2D eigenvalue weighted by molar-refractivity contribution is -0.163. The fourth-order valence-electron chi connectivity index (χ4n) is 3.91. The zero-order chi connectivity index (χ0) is 23.1. The summed E-state index contributed by atoms with van der Waals surface area (Å²) in [4.78, 5) is 18.4. The Balaban J connectivity index is 1.75. The number of benzene rings is 2. The van der Waals surface area contributed by atoms with E-state index < -0.39 is 41.0 Å². The van der Waals surface area contributed by atoms with E-state index in [-0.39, 0.29) is 24.3 Å². The van der Waals surface area contributed by atoms with Gasteiger partial charge >= 0.3 is 6.18 Å². The molecule has 1 amide bonds. The average Bonchev–Trinajstić information content (AvgIpc) is 3.29. The summed E-state index contributed by atoms with van der Waals surface area (Å²) in [7, 11) is 0. The Hall–Kier alpha value is -3.34. The van der Waals surface area contributed by atoms with E-state index in [2.05, 4.69) is 10.1 Å². The zero-order valence-corrected chi connectivity index (χ0v) is 16.7. The van der Waals surface area contributed by atoms with Crippen LogP contribution in [0.5, 0.6) is 0 Å². The smallest absolute Gasteiger partial charge is 0.346 e. The van der Waals surface area contributed by atoms with Crippen molar-refractivity contribution in [3.05, 3.63) is 83.4 Å². The number of hydrogen-bond donors (Lipinski definition) is 0. The maximum atomic E-state index is 14.9. The zero-order valence-electron chi connectivity index (χ0n) is 16.7. The van der Waals surface area contributed by atoms with Crippen molar-refractivity contribution >= 4 is 5.91 Å². The Morgan fingerprint density at radius 2 is 1.88 bits per heavy atom. The van der Waals surface area contributed by atoms with E-state index in [0.29, 0.717) is 6.07 Å². The molecule has 1 aliphatic heterocycles. The van der Waals surface area contributed by atoms with Crippen LogP contribution in [0.4, 0.5) is 22.0 Å². The van der Waals surface area contributed by atoms with E-state index in [1.807, 2.05) is 0 Å². The highest BCUT2D eigenvalue weighted by Gasteiger charge is 2.50. The van der Waals surface area contributed by atoms with E-state index in [0.717, 1.165) is 30.3 Å². The van der Waals surface area contributed by atoms with Crippen LogP contribution in [0.2, 0.25) is 0 Å². The molecule has 2 heterocycles. The number of carbonyl (C=O) groups is 1. The van der Waals surface area contributed by atoms with Crippen molar-refractivity contribution in [2.75, 3.05) is 13.2 Å². The summed E-state index contributed by atoms with van der Waals surface area (Å²) in [5.41, 5.74) is -2.59. The Morgan fingerprint density at radius 3 is 2.47 bits per heavy atom. The number of amides is 1. The maximum Gasteiger partial charge on any atom is 0.416 e. The molecule has 32 heavy (non-hydrogen) atoms. The number of halogens is 5. The second-order valence-electron chi connectivity index (χ2n) is 7.26. The number of nitrogens with zero attached hydrogens (tertiary/aromatic N) is 4. The Morgan fingerprint density at radius 1 is 1.16 bits per heavy atom. The van der Waals surface area contributed by atoms with E-state index >= 15 is 0 Å². The van der Waals surface area contributed by atoms with Gasteiger partial charge < -0.3 is 9.64 Å². The van der Waals surface area contributed by atoms with Crippen LogP contribution >= 0.6 is 0 Å². The van der Waals surface area contributed by atoms with Gasteiger partial charge in [0.1, 0.15) is 24.3 Å². The molecule has 0 radical (unpaired) electrons. The quantitative estimate of drug-likeness (QED) is 0.567. The molecule has 1 aliphatic rings. The highest BCUT2D eigenvalue weighted by molar-refractivity contribution is 5.94. The third-order valence-corrected chi connectivity index (χ3v) is 5.48. The molecule has 2 atom stereocenters. The number of morpholine rings is 1. The SMILES string of the molecule is C[C@H]1N(C(=O)c2ccc(C(F)(F)F)cc2)CCO[C@]1(c1ccc(F)cc1F)n1cncn1. The van der Waals surface area contributed by atoms with E-state index in [9.17, 15) is 26.7 Å². The first-order valence-electron chi connectivity index (χ1n) is 9.57. The van der Waals surface area contributed by atoms with Gasteiger partial charge in [0.15, 0.2) is 0 Å². The third-order valence-electron chi connectivity index (χ3n) is 5.48. The number of rotatable bonds is 3. The Kier molecular flexibility index (Phi) is 5.45. The molecule has 0 unspecified atom stereocenters. The van der Waals surface area contributed by atoms with Gasteiger partial charge in [0.25, 0.3) is 5.91 Å². The first-order chi connectivity index (χ1) is 15.1. The predicted molar refractivity (Wildman–Crippen MR) is 101 cm³/mol. The van der Waals surface area contributed by atoms with Gasteiger partial charge in [-0.2, -0.15) is 18.3 Å². The lowest BCUT2D eigenvalue weighted by Gasteiger charge is -2.48. The molecular weight excluding hydrogens is 435 g/mol. The number of alkyl halides is 3. The molecule has 2 aromatic carbocycles. The largest absolute Gasteiger partial charge is 0.416 e. The third kappa shape index (κ3) is 3.62. The van der Waals surface area contributed by atoms with Crippen molar-refractivity contribution in [1.29, 1.82) is 0 Å². The first-order valence-corrected chi connectivity index (χ1v) is 9.57. The normalized spacial score (nSPS) is 21.6. The molecule has 1 fully saturated rings. The number of carbonyl (C=O) groups excluding carboxylic acids is 1. The van der Waals surface area contributed by atoms with Crippen LogP contribution in [0.3, 0.4) is 0 Å². The standard InChI is InChI=1S/C21H17F5N4O2/c1-13-20(30-12-27-11-28-30,17-7-6-16(22)10-18(17)23)32-9-8-29(13)19(31)14-2-4-15(5-3-14)21(24,25)26/h2-7,10-13H,8-9H2,1H3/t13-,20-/m1/s1. The van der Waals surface area contributed by atoms with Gasteiger partial charge in [-0.05, 0) is 43.3 Å². The summed E-state index contributed by atoms with van der Waals surface area (Å²) >= 11 is 0. The maximum absolute atomic E-state index is 14.9. The van der Waals surface area contributed by atoms with Gasteiger partial charge in [-0.15, -0.1) is 0 Å². The molecular formula is C21H17F5N4O2. The summed E-state index contributed by atoms with van der Waals surface area (Å²) in [6, 6.07) is 5.89. The molecule has 6 nitrogen and oxygen atoms in total. The van der Waals surface area contributed by atoms with E-state index in [4.69, 9.17) is 4.74 Å². The summed E-state index contributed by atoms with van der Waals surface area (Å²) in [6.45, 7) is 1.65. The second kappa shape index (κ2) is 7.97. The number of hydrogen-bond acceptors (Lipinski definition) is 4. The monoisotopic (exact) mass is 452 g/mol. The minimum atomic E-state index is -4.53. The van der Waals surface area contributed by atoms with E-state index in [1.54, 1.807) is 6.92 Å². The lowest BCUT2D eigenvalue weighted by Crippen LogP contribution is -2.62. The second-order valence-corrected chi connectivity index (χ2v) is 7.26. The van der Waals surface area contributed by atoms with Crippen LogP contribution in [0.1, 0.15) is 28.4 Å². The van der Waals surface area contributed by atoms with Crippen molar-refractivity contribution in [3.63, 3.8) is 0 Å². The molecule has 0 aliphatic carbocycles. The topological polar surface area (TPSA) is 60.2 Å². The molecule has 0 saturated carbocycles. The summed E-state index contributed by atoms with van der Waals surface area (Å²) in [5.74, 6) is -2.26. The van der Waals surface area contributed by atoms with Crippen LogP contribution in [0.25, 0.3) is 0 Å². The average molecular weight is 452 g/mol. The highest BCUT2D eigenvalue weighted by atomic mass is 19.4. The minimum Gasteiger partial charge on any atom is -0.346 e. The van der Waals surface area contributed by atoms with Gasteiger partial charge in [-0.3, -0.25) is 4.79 Å².